The number of piperidine rings is 1. The maximum atomic E-state index is 14.4. The molecule has 1 aromatic carbocycles. The summed E-state index contributed by atoms with van der Waals surface area (Å²) in [6.07, 6.45) is 6.77. The van der Waals surface area contributed by atoms with Gasteiger partial charge in [-0.3, -0.25) is 9.52 Å². The number of ketones is 1. The van der Waals surface area contributed by atoms with Crippen molar-refractivity contribution in [2.24, 2.45) is 0 Å². The summed E-state index contributed by atoms with van der Waals surface area (Å²) in [6.45, 7) is 8.15. The van der Waals surface area contributed by atoms with E-state index in [1.807, 2.05) is 13.0 Å². The summed E-state index contributed by atoms with van der Waals surface area (Å²) in [5.41, 5.74) is 2.44. The van der Waals surface area contributed by atoms with Crippen LogP contribution in [0.1, 0.15) is 61.8 Å². The van der Waals surface area contributed by atoms with Gasteiger partial charge in [-0.1, -0.05) is 19.1 Å². The number of hydrogen-bond acceptors (Lipinski definition) is 6. The van der Waals surface area contributed by atoms with Crippen LogP contribution < -0.4 is 9.62 Å². The van der Waals surface area contributed by atoms with Crippen LogP contribution in [0, 0.1) is 12.7 Å². The molecule has 2 aliphatic heterocycles. The number of benzene rings is 1. The zero-order chi connectivity index (χ0) is 25.9. The maximum Gasteiger partial charge on any atom is 0.229 e. The number of Topliss-reactive ketones (excluding diaryl/α,β-unsaturated/α-hetero) is 1. The van der Waals surface area contributed by atoms with Gasteiger partial charge in [0.25, 0.3) is 0 Å². The minimum absolute atomic E-state index is 0.0116. The van der Waals surface area contributed by atoms with Gasteiger partial charge in [0.1, 0.15) is 17.4 Å². The third-order valence-electron chi connectivity index (χ3n) is 7.43. The Morgan fingerprint density at radius 3 is 2.47 bits per heavy atom. The van der Waals surface area contributed by atoms with Crippen LogP contribution in [-0.2, 0) is 21.2 Å². The van der Waals surface area contributed by atoms with E-state index in [0.29, 0.717) is 24.4 Å². The maximum absolute atomic E-state index is 14.4. The summed E-state index contributed by atoms with van der Waals surface area (Å²) in [5.74, 6) is -0.195. The quantitative estimate of drug-likeness (QED) is 0.536. The number of pyridine rings is 1. The van der Waals surface area contributed by atoms with Gasteiger partial charge in [0.2, 0.25) is 10.0 Å². The fourth-order valence-electron chi connectivity index (χ4n) is 5.33. The summed E-state index contributed by atoms with van der Waals surface area (Å²) in [5, 5.41) is 0. The van der Waals surface area contributed by atoms with E-state index < -0.39 is 21.8 Å². The van der Waals surface area contributed by atoms with E-state index >= 15 is 0 Å². The smallest absolute Gasteiger partial charge is 0.229 e. The summed E-state index contributed by atoms with van der Waals surface area (Å²) in [7, 11) is -3.58. The van der Waals surface area contributed by atoms with E-state index in [0.717, 1.165) is 49.3 Å². The van der Waals surface area contributed by atoms with E-state index in [2.05, 4.69) is 20.6 Å². The molecule has 0 saturated carbocycles. The predicted molar refractivity (Wildman–Crippen MR) is 142 cm³/mol. The first kappa shape index (κ1) is 26.5. The SMILES string of the molecule is Cc1ccc(CCC(=O)C(C)c2ccc(NS(C)(=O)=O)c(F)c2)c(N2CCC(N3CCCC3)CC2)n1. The minimum atomic E-state index is -3.58. The van der Waals surface area contributed by atoms with Crippen molar-refractivity contribution in [1.82, 2.24) is 9.88 Å². The Kier molecular flexibility index (Phi) is 8.30. The van der Waals surface area contributed by atoms with Crippen LogP contribution in [0.25, 0.3) is 0 Å². The van der Waals surface area contributed by atoms with E-state index in [4.69, 9.17) is 4.98 Å². The zero-order valence-electron chi connectivity index (χ0n) is 21.5. The normalized spacial score (nSPS) is 18.4. The number of halogens is 1. The lowest BCUT2D eigenvalue weighted by atomic mass is 9.92. The average molecular weight is 517 g/mol. The summed E-state index contributed by atoms with van der Waals surface area (Å²) in [6, 6.07) is 8.93. The molecule has 0 spiro atoms. The highest BCUT2D eigenvalue weighted by molar-refractivity contribution is 7.92. The van der Waals surface area contributed by atoms with Gasteiger partial charge in [0.15, 0.2) is 0 Å². The Labute approximate surface area is 214 Å². The number of aryl methyl sites for hydroxylation is 2. The Morgan fingerprint density at radius 2 is 1.83 bits per heavy atom. The molecule has 3 heterocycles. The number of aromatic nitrogens is 1. The third kappa shape index (κ3) is 6.62. The molecule has 7 nitrogen and oxygen atoms in total. The molecule has 36 heavy (non-hydrogen) atoms. The number of carbonyl (C=O) groups is 1. The largest absolute Gasteiger partial charge is 0.356 e. The fraction of sp³-hybridized carbons (Fsp3) is 0.556. The second kappa shape index (κ2) is 11.3. The minimum Gasteiger partial charge on any atom is -0.356 e. The number of anilines is 2. The van der Waals surface area contributed by atoms with Crippen molar-refractivity contribution in [3.8, 4) is 0 Å². The molecule has 1 unspecified atom stereocenters. The van der Waals surface area contributed by atoms with Crippen molar-refractivity contribution in [2.75, 3.05) is 42.1 Å². The lowest BCUT2D eigenvalue weighted by Gasteiger charge is -2.38. The lowest BCUT2D eigenvalue weighted by Crippen LogP contribution is -2.44. The zero-order valence-corrected chi connectivity index (χ0v) is 22.3. The van der Waals surface area contributed by atoms with Crippen LogP contribution in [-0.4, -0.2) is 62.6 Å². The van der Waals surface area contributed by atoms with Gasteiger partial charge in [0.05, 0.1) is 11.9 Å². The van der Waals surface area contributed by atoms with Gasteiger partial charge >= 0.3 is 0 Å². The highest BCUT2D eigenvalue weighted by Crippen LogP contribution is 2.29. The molecular weight excluding hydrogens is 479 g/mol. The molecule has 1 atom stereocenters. The van der Waals surface area contributed by atoms with Gasteiger partial charge in [-0.15, -0.1) is 0 Å². The topological polar surface area (TPSA) is 82.6 Å². The number of likely N-dealkylation sites (tertiary alicyclic amines) is 1. The van der Waals surface area contributed by atoms with E-state index in [1.54, 1.807) is 13.0 Å². The number of nitrogens with zero attached hydrogens (tertiary/aromatic N) is 3. The Bertz CT molecular complexity index is 1190. The number of sulfonamides is 1. The van der Waals surface area contributed by atoms with Crippen LogP contribution in [0.5, 0.6) is 0 Å². The Hall–Kier alpha value is -2.52. The molecule has 0 bridgehead atoms. The second-order valence-electron chi connectivity index (χ2n) is 10.2. The van der Waals surface area contributed by atoms with Crippen LogP contribution in [0.4, 0.5) is 15.9 Å². The number of carbonyl (C=O) groups excluding carboxylic acids is 1. The molecule has 2 aromatic rings. The van der Waals surface area contributed by atoms with Gasteiger partial charge in [-0.2, -0.15) is 0 Å². The number of hydrogen-bond donors (Lipinski definition) is 1. The number of nitrogens with one attached hydrogen (secondary N) is 1. The second-order valence-corrected chi connectivity index (χ2v) is 11.9. The monoisotopic (exact) mass is 516 g/mol. The molecule has 2 saturated heterocycles. The summed E-state index contributed by atoms with van der Waals surface area (Å²) in [4.78, 5) is 22.9. The van der Waals surface area contributed by atoms with Crippen LogP contribution in [0.2, 0.25) is 0 Å². The van der Waals surface area contributed by atoms with Crippen molar-refractivity contribution in [2.45, 2.75) is 64.3 Å². The first-order valence-electron chi connectivity index (χ1n) is 12.9. The van der Waals surface area contributed by atoms with E-state index in [9.17, 15) is 17.6 Å². The molecular formula is C27H37FN4O3S. The van der Waals surface area contributed by atoms with Crippen molar-refractivity contribution in [3.05, 3.63) is 53.0 Å². The summed E-state index contributed by atoms with van der Waals surface area (Å²) < 4.78 is 39.4. The van der Waals surface area contributed by atoms with Crippen LogP contribution >= 0.6 is 0 Å². The van der Waals surface area contributed by atoms with Gasteiger partial charge in [-0.25, -0.2) is 17.8 Å². The van der Waals surface area contributed by atoms with Gasteiger partial charge < -0.3 is 9.80 Å². The first-order chi connectivity index (χ1) is 17.1. The number of rotatable bonds is 9. The van der Waals surface area contributed by atoms with E-state index in [-0.39, 0.29) is 11.5 Å². The lowest BCUT2D eigenvalue weighted by molar-refractivity contribution is -0.120. The molecule has 2 fully saturated rings. The summed E-state index contributed by atoms with van der Waals surface area (Å²) >= 11 is 0. The average Bonchev–Trinajstić information content (AvgIpc) is 3.38. The molecule has 9 heteroatoms. The van der Waals surface area contributed by atoms with Crippen molar-refractivity contribution in [1.29, 1.82) is 0 Å². The standard InChI is InChI=1S/C27H37FN4O3S/c1-19-6-7-21(27(29-19)32-16-12-23(13-17-32)31-14-4-5-15-31)9-11-26(33)20(2)22-8-10-25(24(28)18-22)30-36(3,34)35/h6-8,10,18,20,23,30H,4-5,9,11-17H2,1-3H3. The molecule has 0 aliphatic carbocycles. The molecule has 0 amide bonds. The molecule has 2 aliphatic rings. The molecule has 1 N–H and O–H groups in total. The van der Waals surface area contributed by atoms with Crippen molar-refractivity contribution >= 4 is 27.3 Å². The van der Waals surface area contributed by atoms with Crippen LogP contribution in [0.15, 0.2) is 30.3 Å². The fourth-order valence-corrected chi connectivity index (χ4v) is 5.90. The third-order valence-corrected chi connectivity index (χ3v) is 8.02. The Morgan fingerprint density at radius 1 is 1.14 bits per heavy atom. The molecule has 196 valence electrons. The van der Waals surface area contributed by atoms with Gasteiger partial charge in [0, 0.05) is 37.2 Å². The van der Waals surface area contributed by atoms with Crippen molar-refractivity contribution < 1.29 is 17.6 Å². The molecule has 0 radical (unpaired) electrons. The van der Waals surface area contributed by atoms with Crippen molar-refractivity contribution in [3.63, 3.8) is 0 Å². The van der Waals surface area contributed by atoms with E-state index in [1.165, 1.54) is 38.1 Å². The van der Waals surface area contributed by atoms with Crippen LogP contribution in [0.3, 0.4) is 0 Å². The molecule has 4 rings (SSSR count). The predicted octanol–water partition coefficient (Wildman–Crippen LogP) is 4.27. The first-order valence-corrected chi connectivity index (χ1v) is 14.8. The molecule has 1 aromatic heterocycles. The highest BCUT2D eigenvalue weighted by atomic mass is 32.2. The van der Waals surface area contributed by atoms with Gasteiger partial charge in [-0.05, 0) is 81.4 Å². The Balaban J connectivity index is 1.39. The highest BCUT2D eigenvalue weighted by Gasteiger charge is 2.28.